The van der Waals surface area contributed by atoms with Gasteiger partial charge < -0.3 is 14.4 Å². The quantitative estimate of drug-likeness (QED) is 0.617. The van der Waals surface area contributed by atoms with Crippen molar-refractivity contribution in [2.45, 2.75) is 0 Å². The van der Waals surface area contributed by atoms with Gasteiger partial charge in [0.1, 0.15) is 0 Å². The van der Waals surface area contributed by atoms with Gasteiger partial charge in [-0.15, -0.1) is 0 Å². The summed E-state index contributed by atoms with van der Waals surface area (Å²) in [6, 6.07) is 14.7. The fraction of sp³-hybridized carbons (Fsp3) is 0.261. The van der Waals surface area contributed by atoms with Crippen LogP contribution in [-0.4, -0.2) is 63.9 Å². The molecule has 0 radical (unpaired) electrons. The first-order valence-corrected chi connectivity index (χ1v) is 11.4. The molecular weight excluding hydrogens is 416 g/mol. The van der Waals surface area contributed by atoms with Crippen molar-refractivity contribution in [2.24, 2.45) is 0 Å². The van der Waals surface area contributed by atoms with E-state index in [1.165, 1.54) is 15.8 Å². The molecular formula is C23H26N2O5S. The summed E-state index contributed by atoms with van der Waals surface area (Å²) in [5.41, 5.74) is 1.54. The van der Waals surface area contributed by atoms with Crippen LogP contribution in [0.2, 0.25) is 0 Å². The minimum atomic E-state index is -3.54. The highest BCUT2D eigenvalue weighted by atomic mass is 32.2. The average molecular weight is 443 g/mol. The van der Waals surface area contributed by atoms with E-state index in [9.17, 15) is 13.2 Å². The summed E-state index contributed by atoms with van der Waals surface area (Å²) in [5, 5.41) is 1.22. The molecule has 1 aliphatic heterocycles. The molecule has 1 saturated heterocycles. The molecule has 8 heteroatoms. The zero-order chi connectivity index (χ0) is 22.3. The van der Waals surface area contributed by atoms with Gasteiger partial charge in [0.05, 0.1) is 14.2 Å². The first-order chi connectivity index (χ1) is 14.9. The van der Waals surface area contributed by atoms with Crippen LogP contribution in [-0.2, 0) is 14.8 Å². The first-order valence-electron chi connectivity index (χ1n) is 9.86. The van der Waals surface area contributed by atoms with E-state index in [2.05, 4.69) is 0 Å². The minimum Gasteiger partial charge on any atom is -0.493 e. The second-order valence-corrected chi connectivity index (χ2v) is 8.72. The van der Waals surface area contributed by atoms with E-state index in [0.29, 0.717) is 24.6 Å². The van der Waals surface area contributed by atoms with Gasteiger partial charge in [-0.25, -0.2) is 8.42 Å². The molecule has 31 heavy (non-hydrogen) atoms. The van der Waals surface area contributed by atoms with E-state index in [1.54, 1.807) is 37.3 Å². The number of carbonyl (C=O) groups excluding carboxylic acids is 1. The zero-order valence-corrected chi connectivity index (χ0v) is 18.4. The third-order valence-electron chi connectivity index (χ3n) is 4.98. The molecule has 0 aromatic heterocycles. The number of amides is 1. The summed E-state index contributed by atoms with van der Waals surface area (Å²) >= 11 is 0. The van der Waals surface area contributed by atoms with Crippen LogP contribution in [0.3, 0.4) is 0 Å². The molecule has 0 bridgehead atoms. The second kappa shape index (κ2) is 10.3. The summed E-state index contributed by atoms with van der Waals surface area (Å²) in [4.78, 5) is 14.2. The smallest absolute Gasteiger partial charge is 0.246 e. The van der Waals surface area contributed by atoms with Gasteiger partial charge in [0.2, 0.25) is 15.9 Å². The molecule has 0 saturated carbocycles. The Morgan fingerprint density at radius 1 is 0.903 bits per heavy atom. The number of piperazine rings is 1. The molecule has 0 atom stereocenters. The molecule has 1 fully saturated rings. The summed E-state index contributed by atoms with van der Waals surface area (Å²) in [5.74, 6) is 0.955. The SMILES string of the molecule is COc1cccc(C=CC(=O)N2CCN(S(=O)(=O)C=Cc3ccccc3)CC2)c1OC. The third-order valence-corrected chi connectivity index (χ3v) is 6.55. The third kappa shape index (κ3) is 5.74. The number of benzene rings is 2. The van der Waals surface area contributed by atoms with Crippen molar-refractivity contribution >= 4 is 28.1 Å². The molecule has 0 spiro atoms. The molecule has 1 heterocycles. The predicted molar refractivity (Wildman–Crippen MR) is 121 cm³/mol. The molecule has 0 unspecified atom stereocenters. The fourth-order valence-corrected chi connectivity index (χ4v) is 4.46. The number of hydrogen-bond donors (Lipinski definition) is 0. The Labute approximate surface area is 183 Å². The Kier molecular flexibility index (Phi) is 7.49. The largest absolute Gasteiger partial charge is 0.493 e. The number of nitrogens with zero attached hydrogens (tertiary/aromatic N) is 2. The van der Waals surface area contributed by atoms with Crippen LogP contribution in [0.25, 0.3) is 12.2 Å². The van der Waals surface area contributed by atoms with Crippen molar-refractivity contribution in [2.75, 3.05) is 40.4 Å². The first kappa shape index (κ1) is 22.6. The van der Waals surface area contributed by atoms with Crippen LogP contribution < -0.4 is 9.47 Å². The Balaban J connectivity index is 1.60. The van der Waals surface area contributed by atoms with Crippen molar-refractivity contribution in [1.82, 2.24) is 9.21 Å². The van der Waals surface area contributed by atoms with Gasteiger partial charge in [0, 0.05) is 43.2 Å². The molecule has 1 aliphatic rings. The van der Waals surface area contributed by atoms with Crippen LogP contribution in [0.5, 0.6) is 11.5 Å². The van der Waals surface area contributed by atoms with Gasteiger partial charge in [0.25, 0.3) is 0 Å². The van der Waals surface area contributed by atoms with E-state index in [0.717, 1.165) is 11.1 Å². The molecule has 164 valence electrons. The normalized spacial score (nSPS) is 15.5. The van der Waals surface area contributed by atoms with Crippen molar-refractivity contribution in [3.05, 3.63) is 71.1 Å². The summed E-state index contributed by atoms with van der Waals surface area (Å²) < 4.78 is 37.2. The monoisotopic (exact) mass is 442 g/mol. The highest BCUT2D eigenvalue weighted by molar-refractivity contribution is 7.92. The number of methoxy groups -OCH3 is 2. The Hall–Kier alpha value is -3.10. The molecule has 0 N–H and O–H groups in total. The second-order valence-electron chi connectivity index (χ2n) is 6.90. The maximum atomic E-state index is 12.6. The van der Waals surface area contributed by atoms with Crippen LogP contribution in [0.4, 0.5) is 0 Å². The van der Waals surface area contributed by atoms with Gasteiger partial charge in [-0.2, -0.15) is 4.31 Å². The predicted octanol–water partition coefficient (Wildman–Crippen LogP) is 2.86. The topological polar surface area (TPSA) is 76.2 Å². The summed E-state index contributed by atoms with van der Waals surface area (Å²) in [6.45, 7) is 1.17. The molecule has 2 aromatic carbocycles. The van der Waals surface area contributed by atoms with Crippen LogP contribution in [0, 0.1) is 0 Å². The van der Waals surface area contributed by atoms with Crippen LogP contribution in [0.15, 0.2) is 60.0 Å². The van der Waals surface area contributed by atoms with Crippen molar-refractivity contribution in [1.29, 1.82) is 0 Å². The lowest BCUT2D eigenvalue weighted by Crippen LogP contribution is -2.49. The van der Waals surface area contributed by atoms with E-state index in [4.69, 9.17) is 9.47 Å². The van der Waals surface area contributed by atoms with Crippen LogP contribution in [0.1, 0.15) is 11.1 Å². The Morgan fingerprint density at radius 2 is 1.61 bits per heavy atom. The number of rotatable bonds is 7. The van der Waals surface area contributed by atoms with Gasteiger partial charge in [-0.05, 0) is 23.8 Å². The molecule has 7 nitrogen and oxygen atoms in total. The van der Waals surface area contributed by atoms with Gasteiger partial charge in [-0.3, -0.25) is 4.79 Å². The molecule has 1 amide bonds. The minimum absolute atomic E-state index is 0.179. The lowest BCUT2D eigenvalue weighted by atomic mass is 10.1. The maximum Gasteiger partial charge on any atom is 0.246 e. The maximum absolute atomic E-state index is 12.6. The Bertz CT molecular complexity index is 1060. The van der Waals surface area contributed by atoms with Crippen LogP contribution >= 0.6 is 0 Å². The number of sulfonamides is 1. The number of hydrogen-bond acceptors (Lipinski definition) is 5. The lowest BCUT2D eigenvalue weighted by Gasteiger charge is -2.32. The standard InChI is InChI=1S/C23H26N2O5S/c1-29-21-10-6-9-20(23(21)30-2)11-12-22(26)24-14-16-25(17-15-24)31(27,28)18-13-19-7-4-3-5-8-19/h3-13,18H,14-17H2,1-2H3. The van der Waals surface area contributed by atoms with E-state index in [1.807, 2.05) is 42.5 Å². The number of carbonyl (C=O) groups is 1. The van der Waals surface area contributed by atoms with Crippen molar-refractivity contribution < 1.29 is 22.7 Å². The van der Waals surface area contributed by atoms with Crippen molar-refractivity contribution in [3.8, 4) is 11.5 Å². The highest BCUT2D eigenvalue weighted by Gasteiger charge is 2.26. The van der Waals surface area contributed by atoms with E-state index in [-0.39, 0.29) is 19.0 Å². The molecule has 0 aliphatic carbocycles. The van der Waals surface area contributed by atoms with E-state index < -0.39 is 10.0 Å². The summed E-state index contributed by atoms with van der Waals surface area (Å²) in [7, 11) is -0.437. The highest BCUT2D eigenvalue weighted by Crippen LogP contribution is 2.31. The zero-order valence-electron chi connectivity index (χ0n) is 17.6. The van der Waals surface area contributed by atoms with E-state index >= 15 is 0 Å². The number of ether oxygens (including phenoxy) is 2. The average Bonchev–Trinajstić information content (AvgIpc) is 2.81. The fourth-order valence-electron chi connectivity index (χ4n) is 3.29. The lowest BCUT2D eigenvalue weighted by molar-refractivity contribution is -0.127. The Morgan fingerprint density at radius 3 is 2.26 bits per heavy atom. The van der Waals surface area contributed by atoms with Gasteiger partial charge in [0.15, 0.2) is 11.5 Å². The molecule has 2 aromatic rings. The molecule has 3 rings (SSSR count). The number of para-hydroxylation sites is 1. The summed E-state index contributed by atoms with van der Waals surface area (Å²) in [6.07, 6.45) is 4.73. The van der Waals surface area contributed by atoms with Gasteiger partial charge in [-0.1, -0.05) is 42.5 Å². The van der Waals surface area contributed by atoms with Gasteiger partial charge >= 0.3 is 0 Å². The van der Waals surface area contributed by atoms with Crippen molar-refractivity contribution in [3.63, 3.8) is 0 Å².